The molecule has 74 valence electrons. The summed E-state index contributed by atoms with van der Waals surface area (Å²) in [6, 6.07) is 0. The Kier molecular flexibility index (Phi) is 3.45. The quantitative estimate of drug-likeness (QED) is 0.667. The van der Waals surface area contributed by atoms with Crippen LogP contribution in [0.15, 0.2) is 23.8 Å². The van der Waals surface area contributed by atoms with Gasteiger partial charge in [0.2, 0.25) is 0 Å². The summed E-state index contributed by atoms with van der Waals surface area (Å²) >= 11 is 7.21. The van der Waals surface area contributed by atoms with Crippen molar-refractivity contribution in [3.8, 4) is 0 Å². The van der Waals surface area contributed by atoms with Gasteiger partial charge in [-0.3, -0.25) is 0 Å². The molecular weight excluding hydrogens is 292 g/mol. The zero-order chi connectivity index (χ0) is 10.1. The van der Waals surface area contributed by atoms with Crippen molar-refractivity contribution in [2.24, 2.45) is 10.8 Å². The molecule has 1 aliphatic carbocycles. The smallest absolute Gasteiger partial charge is 0.0129 e. The standard InChI is InChI=1S/C11H16Br2/c1-9-4-5-10(2,7-12)11(3,6-9)8-13/h4-6H,7-8H2,1-3H3. The molecule has 0 radical (unpaired) electrons. The molecule has 0 nitrogen and oxygen atoms in total. The minimum Gasteiger partial charge on any atom is -0.0918 e. The molecule has 0 saturated carbocycles. The summed E-state index contributed by atoms with van der Waals surface area (Å²) in [6.45, 7) is 6.75. The van der Waals surface area contributed by atoms with Gasteiger partial charge in [-0.1, -0.05) is 69.5 Å². The number of halogens is 2. The third-order valence-corrected chi connectivity index (χ3v) is 5.45. The third-order valence-electron chi connectivity index (χ3n) is 3.12. The molecule has 0 heterocycles. The SMILES string of the molecule is CC1=CC(C)(CBr)C(C)(CBr)C=C1. The monoisotopic (exact) mass is 306 g/mol. The van der Waals surface area contributed by atoms with Crippen LogP contribution in [0.25, 0.3) is 0 Å². The van der Waals surface area contributed by atoms with E-state index in [0.717, 1.165) is 10.7 Å². The first-order valence-electron chi connectivity index (χ1n) is 4.48. The molecule has 0 aromatic carbocycles. The molecule has 0 saturated heterocycles. The lowest BCUT2D eigenvalue weighted by atomic mass is 9.65. The lowest BCUT2D eigenvalue weighted by Crippen LogP contribution is -2.39. The van der Waals surface area contributed by atoms with E-state index in [4.69, 9.17) is 0 Å². The van der Waals surface area contributed by atoms with Gasteiger partial charge in [-0.15, -0.1) is 0 Å². The van der Waals surface area contributed by atoms with Crippen molar-refractivity contribution in [1.82, 2.24) is 0 Å². The minimum atomic E-state index is 0.218. The fraction of sp³-hybridized carbons (Fsp3) is 0.636. The fourth-order valence-corrected chi connectivity index (χ4v) is 3.24. The van der Waals surface area contributed by atoms with Gasteiger partial charge in [0.15, 0.2) is 0 Å². The van der Waals surface area contributed by atoms with E-state index in [9.17, 15) is 0 Å². The summed E-state index contributed by atoms with van der Waals surface area (Å²) in [5.74, 6) is 0. The van der Waals surface area contributed by atoms with Crippen molar-refractivity contribution >= 4 is 31.9 Å². The summed E-state index contributed by atoms with van der Waals surface area (Å²) in [7, 11) is 0. The summed E-state index contributed by atoms with van der Waals surface area (Å²) in [6.07, 6.45) is 6.90. The average Bonchev–Trinajstić information content (AvgIpc) is 2.12. The summed E-state index contributed by atoms with van der Waals surface area (Å²) < 4.78 is 0. The van der Waals surface area contributed by atoms with Crippen LogP contribution in [0.4, 0.5) is 0 Å². The Bertz CT molecular complexity index is 255. The highest BCUT2D eigenvalue weighted by Crippen LogP contribution is 2.47. The maximum atomic E-state index is 3.61. The lowest BCUT2D eigenvalue weighted by Gasteiger charge is -2.43. The zero-order valence-corrected chi connectivity index (χ0v) is 11.6. The van der Waals surface area contributed by atoms with E-state index < -0.39 is 0 Å². The Morgan fingerprint density at radius 2 is 1.69 bits per heavy atom. The van der Waals surface area contributed by atoms with Crippen LogP contribution in [-0.2, 0) is 0 Å². The first kappa shape index (κ1) is 11.5. The Labute approximate surface area is 97.7 Å². The lowest BCUT2D eigenvalue weighted by molar-refractivity contribution is 0.244. The summed E-state index contributed by atoms with van der Waals surface area (Å²) in [4.78, 5) is 0. The molecule has 2 heteroatoms. The molecule has 2 unspecified atom stereocenters. The van der Waals surface area contributed by atoms with Crippen LogP contribution in [0.1, 0.15) is 20.8 Å². The van der Waals surface area contributed by atoms with E-state index in [0.29, 0.717) is 0 Å². The number of allylic oxidation sites excluding steroid dienone is 4. The van der Waals surface area contributed by atoms with Gasteiger partial charge in [0.25, 0.3) is 0 Å². The highest BCUT2D eigenvalue weighted by molar-refractivity contribution is 9.09. The van der Waals surface area contributed by atoms with Crippen LogP contribution >= 0.6 is 31.9 Å². The van der Waals surface area contributed by atoms with E-state index in [-0.39, 0.29) is 10.8 Å². The van der Waals surface area contributed by atoms with Gasteiger partial charge in [0.05, 0.1) is 0 Å². The molecule has 0 aliphatic heterocycles. The van der Waals surface area contributed by atoms with Gasteiger partial charge in [-0.25, -0.2) is 0 Å². The van der Waals surface area contributed by atoms with E-state index in [1.807, 2.05) is 0 Å². The van der Waals surface area contributed by atoms with Crippen LogP contribution in [0.3, 0.4) is 0 Å². The second-order valence-corrected chi connectivity index (χ2v) is 5.45. The molecule has 0 spiro atoms. The van der Waals surface area contributed by atoms with E-state index in [1.54, 1.807) is 0 Å². The fourth-order valence-electron chi connectivity index (χ4n) is 1.61. The van der Waals surface area contributed by atoms with Gasteiger partial charge >= 0.3 is 0 Å². The minimum absolute atomic E-state index is 0.218. The topological polar surface area (TPSA) is 0 Å². The normalized spacial score (nSPS) is 39.0. The predicted octanol–water partition coefficient (Wildman–Crippen LogP) is 4.30. The number of hydrogen-bond donors (Lipinski definition) is 0. The molecule has 0 aromatic heterocycles. The first-order chi connectivity index (χ1) is 5.97. The molecule has 2 atom stereocenters. The first-order valence-corrected chi connectivity index (χ1v) is 6.72. The van der Waals surface area contributed by atoms with E-state index >= 15 is 0 Å². The molecule has 1 rings (SSSR count). The van der Waals surface area contributed by atoms with Gasteiger partial charge in [-0.2, -0.15) is 0 Å². The van der Waals surface area contributed by atoms with Crippen molar-refractivity contribution in [1.29, 1.82) is 0 Å². The Morgan fingerprint density at radius 3 is 2.15 bits per heavy atom. The molecule has 0 fully saturated rings. The highest BCUT2D eigenvalue weighted by atomic mass is 79.9. The van der Waals surface area contributed by atoms with Crippen LogP contribution < -0.4 is 0 Å². The molecule has 13 heavy (non-hydrogen) atoms. The maximum Gasteiger partial charge on any atom is 0.0129 e. The Balaban J connectivity index is 3.08. The Morgan fingerprint density at radius 1 is 1.15 bits per heavy atom. The van der Waals surface area contributed by atoms with Gasteiger partial charge in [0, 0.05) is 21.5 Å². The molecule has 0 aromatic rings. The van der Waals surface area contributed by atoms with Crippen LogP contribution in [0.5, 0.6) is 0 Å². The van der Waals surface area contributed by atoms with E-state index in [2.05, 4.69) is 70.9 Å². The largest absolute Gasteiger partial charge is 0.0918 e. The van der Waals surface area contributed by atoms with Crippen molar-refractivity contribution in [3.63, 3.8) is 0 Å². The number of hydrogen-bond acceptors (Lipinski definition) is 0. The van der Waals surface area contributed by atoms with Crippen molar-refractivity contribution in [3.05, 3.63) is 23.8 Å². The van der Waals surface area contributed by atoms with E-state index in [1.165, 1.54) is 5.57 Å². The molecule has 0 bridgehead atoms. The average molecular weight is 308 g/mol. The number of rotatable bonds is 2. The zero-order valence-electron chi connectivity index (χ0n) is 8.40. The van der Waals surface area contributed by atoms with Crippen molar-refractivity contribution in [2.75, 3.05) is 10.7 Å². The molecule has 0 amide bonds. The Hall–Kier alpha value is 0.440. The highest BCUT2D eigenvalue weighted by Gasteiger charge is 2.41. The molecule has 0 N–H and O–H groups in total. The van der Waals surface area contributed by atoms with Crippen molar-refractivity contribution in [2.45, 2.75) is 20.8 Å². The van der Waals surface area contributed by atoms with Gasteiger partial charge in [0.1, 0.15) is 0 Å². The second-order valence-electron chi connectivity index (χ2n) is 4.32. The predicted molar refractivity (Wildman–Crippen MR) is 66.7 cm³/mol. The number of alkyl halides is 2. The third kappa shape index (κ3) is 1.94. The van der Waals surface area contributed by atoms with Crippen molar-refractivity contribution < 1.29 is 0 Å². The van der Waals surface area contributed by atoms with Crippen LogP contribution in [-0.4, -0.2) is 10.7 Å². The maximum absolute atomic E-state index is 3.61. The molecule has 1 aliphatic rings. The van der Waals surface area contributed by atoms with Crippen LogP contribution in [0.2, 0.25) is 0 Å². The van der Waals surface area contributed by atoms with Crippen LogP contribution in [0, 0.1) is 10.8 Å². The van der Waals surface area contributed by atoms with Gasteiger partial charge < -0.3 is 0 Å². The summed E-state index contributed by atoms with van der Waals surface area (Å²) in [5, 5.41) is 2.01. The summed E-state index contributed by atoms with van der Waals surface area (Å²) in [5.41, 5.74) is 1.80. The molecular formula is C11H16Br2. The van der Waals surface area contributed by atoms with Gasteiger partial charge in [-0.05, 0) is 6.92 Å². The second kappa shape index (κ2) is 3.90.